The van der Waals surface area contributed by atoms with Crippen molar-refractivity contribution in [3.63, 3.8) is 0 Å². The molecule has 4 nitrogen and oxygen atoms in total. The number of rotatable bonds is 2. The number of hydrogen-bond acceptors (Lipinski definition) is 4. The Morgan fingerprint density at radius 3 is 2.64 bits per heavy atom. The molecule has 2 N–H and O–H groups in total. The first kappa shape index (κ1) is 8.23. The number of carbonyl (C=O) groups excluding carboxylic acids is 1. The summed E-state index contributed by atoms with van der Waals surface area (Å²) in [6, 6.07) is 0. The lowest BCUT2D eigenvalue weighted by molar-refractivity contribution is -0.144. The Morgan fingerprint density at radius 1 is 1.55 bits per heavy atom. The van der Waals surface area contributed by atoms with E-state index < -0.39 is 0 Å². The van der Waals surface area contributed by atoms with Gasteiger partial charge in [0.15, 0.2) is 0 Å². The quantitative estimate of drug-likeness (QED) is 0.352. The minimum Gasteiger partial charge on any atom is -0.458 e. The highest BCUT2D eigenvalue weighted by Gasteiger charge is 2.20. The van der Waals surface area contributed by atoms with Crippen LogP contribution in [-0.2, 0) is 14.4 Å². The molecular formula is C7H11NO3. The van der Waals surface area contributed by atoms with Gasteiger partial charge in [-0.2, -0.15) is 0 Å². The van der Waals surface area contributed by atoms with Crippen LogP contribution in [0.15, 0.2) is 12.2 Å². The zero-order valence-corrected chi connectivity index (χ0v) is 6.32. The van der Waals surface area contributed by atoms with Gasteiger partial charge in [0, 0.05) is 13.3 Å². The highest BCUT2D eigenvalue weighted by atomic mass is 16.6. The summed E-state index contributed by atoms with van der Waals surface area (Å²) in [6.45, 7) is 1.38. The summed E-state index contributed by atoms with van der Waals surface area (Å²) in [5.41, 5.74) is 0. The predicted molar refractivity (Wildman–Crippen MR) is 38.4 cm³/mol. The fourth-order valence-electron chi connectivity index (χ4n) is 1.04. The summed E-state index contributed by atoms with van der Waals surface area (Å²) in [4.78, 5) is 15.0. The molecule has 0 aromatic carbocycles. The van der Waals surface area contributed by atoms with Gasteiger partial charge in [-0.3, -0.25) is 9.63 Å². The van der Waals surface area contributed by atoms with Gasteiger partial charge in [-0.25, -0.2) is 5.90 Å². The molecule has 0 aromatic rings. The third kappa shape index (κ3) is 2.32. The second kappa shape index (κ2) is 3.50. The number of hydrogen-bond donors (Lipinski definition) is 1. The summed E-state index contributed by atoms with van der Waals surface area (Å²) in [6.07, 6.45) is 3.91. The van der Waals surface area contributed by atoms with Crippen LogP contribution in [0.1, 0.15) is 13.3 Å². The third-order valence-electron chi connectivity index (χ3n) is 1.50. The first-order valence-corrected chi connectivity index (χ1v) is 3.43. The Labute approximate surface area is 64.9 Å². The molecule has 4 heteroatoms. The van der Waals surface area contributed by atoms with Crippen LogP contribution in [-0.4, -0.2) is 18.2 Å². The van der Waals surface area contributed by atoms with Crippen LogP contribution in [0.3, 0.4) is 0 Å². The Kier molecular flexibility index (Phi) is 2.62. The van der Waals surface area contributed by atoms with Crippen LogP contribution in [0.25, 0.3) is 0 Å². The second-order valence-corrected chi connectivity index (χ2v) is 2.44. The van der Waals surface area contributed by atoms with Gasteiger partial charge in [-0.1, -0.05) is 6.08 Å². The molecule has 11 heavy (non-hydrogen) atoms. The average molecular weight is 157 g/mol. The fourth-order valence-corrected chi connectivity index (χ4v) is 1.04. The van der Waals surface area contributed by atoms with Gasteiger partial charge in [-0.05, 0) is 6.08 Å². The van der Waals surface area contributed by atoms with Crippen molar-refractivity contribution in [1.29, 1.82) is 0 Å². The van der Waals surface area contributed by atoms with Gasteiger partial charge in [0.05, 0.1) is 0 Å². The zero-order chi connectivity index (χ0) is 8.27. The fraction of sp³-hybridized carbons (Fsp3) is 0.571. The monoisotopic (exact) mass is 157 g/mol. The molecule has 62 valence electrons. The van der Waals surface area contributed by atoms with E-state index in [1.54, 1.807) is 12.2 Å². The largest absolute Gasteiger partial charge is 0.458 e. The summed E-state index contributed by atoms with van der Waals surface area (Å²) in [5, 5.41) is 0. The van der Waals surface area contributed by atoms with Crippen molar-refractivity contribution in [3.8, 4) is 0 Å². The predicted octanol–water partition coefficient (Wildman–Crippen LogP) is 0.137. The Morgan fingerprint density at radius 2 is 2.18 bits per heavy atom. The first-order valence-electron chi connectivity index (χ1n) is 3.43. The van der Waals surface area contributed by atoms with Gasteiger partial charge < -0.3 is 4.74 Å². The normalized spacial score (nSPS) is 28.9. The van der Waals surface area contributed by atoms with E-state index in [0.717, 1.165) is 0 Å². The molecule has 0 aromatic heterocycles. The molecule has 0 saturated heterocycles. The van der Waals surface area contributed by atoms with Crippen molar-refractivity contribution >= 4 is 5.97 Å². The molecule has 0 spiro atoms. The van der Waals surface area contributed by atoms with Gasteiger partial charge in [0.1, 0.15) is 12.2 Å². The van der Waals surface area contributed by atoms with Crippen molar-refractivity contribution in [2.75, 3.05) is 0 Å². The molecule has 0 aliphatic heterocycles. The topological polar surface area (TPSA) is 61.5 Å². The van der Waals surface area contributed by atoms with Crippen LogP contribution in [0.5, 0.6) is 0 Å². The number of esters is 1. The summed E-state index contributed by atoms with van der Waals surface area (Å²) < 4.78 is 4.88. The number of ether oxygens (including phenoxy) is 1. The summed E-state index contributed by atoms with van der Waals surface area (Å²) in [5.74, 6) is 4.65. The van der Waals surface area contributed by atoms with E-state index in [2.05, 4.69) is 4.84 Å². The van der Waals surface area contributed by atoms with Gasteiger partial charge in [-0.15, -0.1) is 0 Å². The molecule has 0 amide bonds. The van der Waals surface area contributed by atoms with Crippen molar-refractivity contribution in [1.82, 2.24) is 0 Å². The van der Waals surface area contributed by atoms with Crippen LogP contribution in [0.2, 0.25) is 0 Å². The van der Waals surface area contributed by atoms with Crippen molar-refractivity contribution < 1.29 is 14.4 Å². The van der Waals surface area contributed by atoms with E-state index in [1.807, 2.05) is 0 Å². The Balaban J connectivity index is 2.32. The van der Waals surface area contributed by atoms with E-state index in [0.29, 0.717) is 6.42 Å². The second-order valence-electron chi connectivity index (χ2n) is 2.44. The summed E-state index contributed by atoms with van der Waals surface area (Å²) >= 11 is 0. The first-order chi connectivity index (χ1) is 5.22. The molecular weight excluding hydrogens is 146 g/mol. The Hall–Kier alpha value is -0.870. The molecule has 0 saturated carbocycles. The van der Waals surface area contributed by atoms with E-state index in [9.17, 15) is 4.79 Å². The van der Waals surface area contributed by atoms with Crippen molar-refractivity contribution in [2.45, 2.75) is 25.6 Å². The molecule has 0 heterocycles. The maximum absolute atomic E-state index is 10.5. The molecule has 1 rings (SSSR count). The standard InChI is InChI=1S/C7H11NO3/c1-5(9)10-6-2-3-7(4-6)11-8/h2-3,6-7H,4,8H2,1H3/t6-,7-/m1/s1. The molecule has 1 aliphatic carbocycles. The lowest BCUT2D eigenvalue weighted by atomic mass is 10.3. The highest BCUT2D eigenvalue weighted by molar-refractivity contribution is 5.66. The average Bonchev–Trinajstić information content (AvgIpc) is 2.34. The Bertz CT molecular complexity index is 179. The van der Waals surface area contributed by atoms with E-state index in [-0.39, 0.29) is 18.2 Å². The lowest BCUT2D eigenvalue weighted by Gasteiger charge is -2.09. The maximum atomic E-state index is 10.5. The highest BCUT2D eigenvalue weighted by Crippen LogP contribution is 2.15. The van der Waals surface area contributed by atoms with E-state index >= 15 is 0 Å². The maximum Gasteiger partial charge on any atom is 0.303 e. The van der Waals surface area contributed by atoms with Crippen LogP contribution in [0, 0.1) is 0 Å². The number of nitrogens with two attached hydrogens (primary N) is 1. The van der Waals surface area contributed by atoms with Crippen LogP contribution < -0.4 is 5.90 Å². The minimum absolute atomic E-state index is 0.112. The van der Waals surface area contributed by atoms with Gasteiger partial charge in [0.25, 0.3) is 0 Å². The van der Waals surface area contributed by atoms with E-state index in [1.165, 1.54) is 6.92 Å². The SMILES string of the molecule is CC(=O)O[C@@H]1C=C[C@@H](ON)C1. The van der Waals surface area contributed by atoms with Crippen LogP contribution >= 0.6 is 0 Å². The molecule has 2 atom stereocenters. The van der Waals surface area contributed by atoms with E-state index in [4.69, 9.17) is 10.6 Å². The minimum atomic E-state index is -0.280. The molecule has 0 fully saturated rings. The molecule has 1 aliphatic rings. The van der Waals surface area contributed by atoms with Crippen molar-refractivity contribution in [3.05, 3.63) is 12.2 Å². The van der Waals surface area contributed by atoms with Gasteiger partial charge >= 0.3 is 5.97 Å². The molecule has 0 radical (unpaired) electrons. The molecule has 0 bridgehead atoms. The van der Waals surface area contributed by atoms with Gasteiger partial charge in [0.2, 0.25) is 0 Å². The molecule has 0 unspecified atom stereocenters. The summed E-state index contributed by atoms with van der Waals surface area (Å²) in [7, 11) is 0. The lowest BCUT2D eigenvalue weighted by Crippen LogP contribution is -2.18. The van der Waals surface area contributed by atoms with Crippen molar-refractivity contribution in [2.24, 2.45) is 5.90 Å². The third-order valence-corrected chi connectivity index (χ3v) is 1.50. The van der Waals surface area contributed by atoms with Crippen LogP contribution in [0.4, 0.5) is 0 Å². The number of carbonyl (C=O) groups is 1. The zero-order valence-electron chi connectivity index (χ0n) is 6.32. The smallest absolute Gasteiger partial charge is 0.303 e.